The summed E-state index contributed by atoms with van der Waals surface area (Å²) in [5, 5.41) is 12.2. The lowest BCUT2D eigenvalue weighted by molar-refractivity contribution is 0.281. The molecule has 1 aromatic heterocycles. The van der Waals surface area contributed by atoms with Crippen molar-refractivity contribution in [1.82, 2.24) is 4.98 Å². The summed E-state index contributed by atoms with van der Waals surface area (Å²) in [7, 11) is 1.62. The molecule has 0 fully saturated rings. The molecule has 17 heavy (non-hydrogen) atoms. The summed E-state index contributed by atoms with van der Waals surface area (Å²) in [5.41, 5.74) is 2.60. The van der Waals surface area contributed by atoms with Crippen molar-refractivity contribution in [2.45, 2.75) is 13.5 Å². The predicted molar refractivity (Wildman–Crippen MR) is 69.8 cm³/mol. The standard InChI is InChI=1S/C12H12ClNO2S/c1-7-3-8(13)4-9(12(7)16-2)10-6-17-11(5-15)14-10/h3-4,6,15H,5H2,1-2H3. The van der Waals surface area contributed by atoms with E-state index in [-0.39, 0.29) is 6.61 Å². The summed E-state index contributed by atoms with van der Waals surface area (Å²) in [4.78, 5) is 4.32. The van der Waals surface area contributed by atoms with E-state index < -0.39 is 0 Å². The van der Waals surface area contributed by atoms with Gasteiger partial charge >= 0.3 is 0 Å². The Morgan fingerprint density at radius 1 is 1.47 bits per heavy atom. The first-order chi connectivity index (χ1) is 8.15. The molecule has 0 saturated carbocycles. The van der Waals surface area contributed by atoms with E-state index in [0.29, 0.717) is 10.0 Å². The first kappa shape index (κ1) is 12.4. The quantitative estimate of drug-likeness (QED) is 0.930. The molecular weight excluding hydrogens is 258 g/mol. The van der Waals surface area contributed by atoms with Crippen LogP contribution in [-0.4, -0.2) is 17.2 Å². The van der Waals surface area contributed by atoms with Gasteiger partial charge in [0.05, 0.1) is 19.4 Å². The molecule has 0 radical (unpaired) electrons. The van der Waals surface area contributed by atoms with Crippen molar-refractivity contribution < 1.29 is 9.84 Å². The van der Waals surface area contributed by atoms with Crippen molar-refractivity contribution >= 4 is 22.9 Å². The number of aryl methyl sites for hydroxylation is 1. The number of ether oxygens (including phenoxy) is 1. The fourth-order valence-corrected chi connectivity index (χ4v) is 2.62. The average Bonchev–Trinajstić information content (AvgIpc) is 2.76. The highest BCUT2D eigenvalue weighted by Gasteiger charge is 2.13. The first-order valence-corrected chi connectivity index (χ1v) is 6.31. The SMILES string of the molecule is COc1c(C)cc(Cl)cc1-c1csc(CO)n1. The maximum Gasteiger partial charge on any atom is 0.131 e. The lowest BCUT2D eigenvalue weighted by Crippen LogP contribution is -1.92. The topological polar surface area (TPSA) is 42.4 Å². The Bertz CT molecular complexity index is 539. The normalized spacial score (nSPS) is 10.6. The molecule has 0 aliphatic rings. The van der Waals surface area contributed by atoms with Crippen LogP contribution in [0.15, 0.2) is 17.5 Å². The zero-order valence-corrected chi connectivity index (χ0v) is 11.1. The Balaban J connectivity index is 2.57. The van der Waals surface area contributed by atoms with E-state index in [4.69, 9.17) is 21.4 Å². The van der Waals surface area contributed by atoms with Crippen LogP contribution in [0.1, 0.15) is 10.6 Å². The summed E-state index contributed by atoms with van der Waals surface area (Å²) < 4.78 is 5.37. The molecule has 5 heteroatoms. The van der Waals surface area contributed by atoms with Gasteiger partial charge in [0.1, 0.15) is 10.8 Å². The average molecular weight is 270 g/mol. The molecule has 0 spiro atoms. The second-order valence-corrected chi connectivity index (χ2v) is 4.97. The van der Waals surface area contributed by atoms with Gasteiger partial charge in [0.2, 0.25) is 0 Å². The Labute approximate surface area is 109 Å². The van der Waals surface area contributed by atoms with E-state index in [1.807, 2.05) is 24.4 Å². The first-order valence-electron chi connectivity index (χ1n) is 5.05. The fourth-order valence-electron chi connectivity index (χ4n) is 1.70. The highest BCUT2D eigenvalue weighted by molar-refractivity contribution is 7.09. The third-order valence-corrected chi connectivity index (χ3v) is 3.46. The number of thiazole rings is 1. The number of benzene rings is 1. The van der Waals surface area contributed by atoms with Crippen LogP contribution in [0.5, 0.6) is 5.75 Å². The number of methoxy groups -OCH3 is 1. The van der Waals surface area contributed by atoms with Gasteiger partial charge in [-0.3, -0.25) is 0 Å². The van der Waals surface area contributed by atoms with Gasteiger partial charge < -0.3 is 9.84 Å². The van der Waals surface area contributed by atoms with Crippen molar-refractivity contribution in [2.24, 2.45) is 0 Å². The maximum atomic E-state index is 9.02. The van der Waals surface area contributed by atoms with Crippen LogP contribution in [-0.2, 0) is 6.61 Å². The van der Waals surface area contributed by atoms with E-state index in [1.165, 1.54) is 11.3 Å². The fraction of sp³-hybridized carbons (Fsp3) is 0.250. The van der Waals surface area contributed by atoms with Crippen molar-refractivity contribution in [3.63, 3.8) is 0 Å². The van der Waals surface area contributed by atoms with Crippen LogP contribution >= 0.6 is 22.9 Å². The minimum Gasteiger partial charge on any atom is -0.496 e. The minimum absolute atomic E-state index is 0.0491. The molecule has 3 nitrogen and oxygen atoms in total. The molecule has 0 aliphatic heterocycles. The summed E-state index contributed by atoms with van der Waals surface area (Å²) >= 11 is 7.46. The minimum atomic E-state index is -0.0491. The third-order valence-electron chi connectivity index (χ3n) is 2.41. The number of aliphatic hydroxyl groups excluding tert-OH is 1. The highest BCUT2D eigenvalue weighted by atomic mass is 35.5. The molecule has 1 N–H and O–H groups in total. The molecule has 2 rings (SSSR count). The van der Waals surface area contributed by atoms with Crippen molar-refractivity contribution in [3.8, 4) is 17.0 Å². The van der Waals surface area contributed by atoms with Gasteiger partial charge in [0.25, 0.3) is 0 Å². The smallest absolute Gasteiger partial charge is 0.131 e. The molecule has 90 valence electrons. The molecule has 0 bridgehead atoms. The molecule has 0 unspecified atom stereocenters. The monoisotopic (exact) mass is 269 g/mol. The van der Waals surface area contributed by atoms with E-state index in [1.54, 1.807) is 7.11 Å². The Morgan fingerprint density at radius 3 is 2.82 bits per heavy atom. The zero-order valence-electron chi connectivity index (χ0n) is 9.53. The lowest BCUT2D eigenvalue weighted by atomic mass is 10.1. The van der Waals surface area contributed by atoms with Crippen LogP contribution in [0.2, 0.25) is 5.02 Å². The van der Waals surface area contributed by atoms with E-state index in [2.05, 4.69) is 4.98 Å². The molecule has 0 atom stereocenters. The molecule has 0 saturated heterocycles. The van der Waals surface area contributed by atoms with Crippen LogP contribution in [0.3, 0.4) is 0 Å². The summed E-state index contributed by atoms with van der Waals surface area (Å²) in [6.07, 6.45) is 0. The van der Waals surface area contributed by atoms with Gasteiger partial charge in [-0.05, 0) is 24.6 Å². The Kier molecular flexibility index (Phi) is 3.66. The van der Waals surface area contributed by atoms with Crippen molar-refractivity contribution in [1.29, 1.82) is 0 Å². The van der Waals surface area contributed by atoms with Gasteiger partial charge in [0, 0.05) is 16.0 Å². The van der Waals surface area contributed by atoms with Crippen LogP contribution in [0.25, 0.3) is 11.3 Å². The van der Waals surface area contributed by atoms with Gasteiger partial charge in [0.15, 0.2) is 0 Å². The summed E-state index contributed by atoms with van der Waals surface area (Å²) in [6, 6.07) is 3.67. The number of hydrogen-bond donors (Lipinski definition) is 1. The molecule has 0 aliphatic carbocycles. The van der Waals surface area contributed by atoms with E-state index in [9.17, 15) is 0 Å². The Morgan fingerprint density at radius 2 is 2.24 bits per heavy atom. The molecular formula is C12H12ClNO2S. The predicted octanol–water partition coefficient (Wildman–Crippen LogP) is 3.27. The second kappa shape index (κ2) is 5.04. The van der Waals surface area contributed by atoms with Gasteiger partial charge in [-0.25, -0.2) is 4.98 Å². The number of nitrogens with zero attached hydrogens (tertiary/aromatic N) is 1. The number of rotatable bonds is 3. The zero-order chi connectivity index (χ0) is 12.4. The highest BCUT2D eigenvalue weighted by Crippen LogP contribution is 2.36. The number of aliphatic hydroxyl groups is 1. The molecule has 2 aromatic rings. The lowest BCUT2D eigenvalue weighted by Gasteiger charge is -2.10. The number of aromatic nitrogens is 1. The Hall–Kier alpha value is -1.10. The van der Waals surface area contributed by atoms with Gasteiger partial charge in [-0.2, -0.15) is 0 Å². The van der Waals surface area contributed by atoms with Crippen molar-refractivity contribution in [2.75, 3.05) is 7.11 Å². The number of halogens is 1. The molecule has 0 amide bonds. The van der Waals surface area contributed by atoms with E-state index in [0.717, 1.165) is 22.6 Å². The summed E-state index contributed by atoms with van der Waals surface area (Å²) in [6.45, 7) is 1.89. The van der Waals surface area contributed by atoms with Crippen molar-refractivity contribution in [3.05, 3.63) is 33.1 Å². The van der Waals surface area contributed by atoms with Gasteiger partial charge in [-0.1, -0.05) is 11.6 Å². The number of hydrogen-bond acceptors (Lipinski definition) is 4. The third kappa shape index (κ3) is 2.44. The van der Waals surface area contributed by atoms with Crippen LogP contribution in [0, 0.1) is 6.92 Å². The summed E-state index contributed by atoms with van der Waals surface area (Å²) in [5.74, 6) is 0.768. The maximum absolute atomic E-state index is 9.02. The van der Waals surface area contributed by atoms with Crippen LogP contribution in [0.4, 0.5) is 0 Å². The van der Waals surface area contributed by atoms with Gasteiger partial charge in [-0.15, -0.1) is 11.3 Å². The largest absolute Gasteiger partial charge is 0.496 e. The molecule has 1 heterocycles. The van der Waals surface area contributed by atoms with E-state index >= 15 is 0 Å². The van der Waals surface area contributed by atoms with Crippen LogP contribution < -0.4 is 4.74 Å². The second-order valence-electron chi connectivity index (χ2n) is 3.59. The molecule has 1 aromatic carbocycles.